The lowest BCUT2D eigenvalue weighted by atomic mass is 9.78. The fourth-order valence-corrected chi connectivity index (χ4v) is 2.21. The van der Waals surface area contributed by atoms with Gasteiger partial charge in [-0.05, 0) is 19.3 Å². The number of carboxylic acid groups (broad SMARTS) is 1. The molecule has 0 radical (unpaired) electrons. The highest BCUT2D eigenvalue weighted by Gasteiger charge is 2.41. The molecule has 1 unspecified atom stereocenters. The van der Waals surface area contributed by atoms with E-state index in [1.54, 1.807) is 4.90 Å². The van der Waals surface area contributed by atoms with E-state index in [9.17, 15) is 14.7 Å². The van der Waals surface area contributed by atoms with Crippen LogP contribution < -0.4 is 11.1 Å². The zero-order chi connectivity index (χ0) is 12.9. The number of carboxylic acids is 1. The minimum absolute atomic E-state index is 0.214. The van der Waals surface area contributed by atoms with Crippen molar-refractivity contribution >= 4 is 12.0 Å². The first-order valence-corrected chi connectivity index (χ1v) is 6.02. The monoisotopic (exact) mass is 243 g/mol. The van der Waals surface area contributed by atoms with Crippen LogP contribution in [0, 0.1) is 5.41 Å². The van der Waals surface area contributed by atoms with Crippen molar-refractivity contribution in [1.82, 2.24) is 10.2 Å². The maximum atomic E-state index is 11.7. The molecule has 4 N–H and O–H groups in total. The second kappa shape index (κ2) is 5.86. The number of rotatable bonds is 4. The van der Waals surface area contributed by atoms with Crippen LogP contribution in [0.15, 0.2) is 0 Å². The number of hydrogen-bond donors (Lipinski definition) is 3. The van der Waals surface area contributed by atoms with E-state index < -0.39 is 11.4 Å². The Bertz CT molecular complexity index is 296. The number of amides is 2. The molecule has 1 saturated heterocycles. The van der Waals surface area contributed by atoms with E-state index in [0.29, 0.717) is 32.5 Å². The molecule has 1 rings (SSSR count). The van der Waals surface area contributed by atoms with Crippen LogP contribution in [0.5, 0.6) is 0 Å². The van der Waals surface area contributed by atoms with Crippen molar-refractivity contribution in [2.45, 2.75) is 26.2 Å². The van der Waals surface area contributed by atoms with Crippen LogP contribution in [-0.2, 0) is 4.79 Å². The fourth-order valence-electron chi connectivity index (χ4n) is 2.21. The molecule has 1 atom stereocenters. The molecule has 0 spiro atoms. The minimum Gasteiger partial charge on any atom is -0.481 e. The summed E-state index contributed by atoms with van der Waals surface area (Å²) in [6.45, 7) is 3.56. The number of nitrogens with one attached hydrogen (secondary N) is 1. The van der Waals surface area contributed by atoms with E-state index in [2.05, 4.69) is 5.32 Å². The Hall–Kier alpha value is -1.30. The minimum atomic E-state index is -0.809. The van der Waals surface area contributed by atoms with Crippen molar-refractivity contribution in [1.29, 1.82) is 0 Å². The largest absolute Gasteiger partial charge is 0.481 e. The van der Waals surface area contributed by atoms with Crippen LogP contribution in [0.4, 0.5) is 4.79 Å². The topological polar surface area (TPSA) is 95.7 Å². The highest BCUT2D eigenvalue weighted by atomic mass is 16.4. The highest BCUT2D eigenvalue weighted by Crippen LogP contribution is 2.33. The van der Waals surface area contributed by atoms with E-state index in [1.807, 2.05) is 6.92 Å². The van der Waals surface area contributed by atoms with Gasteiger partial charge in [-0.25, -0.2) is 4.79 Å². The van der Waals surface area contributed by atoms with Crippen molar-refractivity contribution in [2.75, 3.05) is 26.2 Å². The zero-order valence-corrected chi connectivity index (χ0v) is 10.2. The maximum absolute atomic E-state index is 11.7. The number of nitrogens with two attached hydrogens (primary N) is 1. The van der Waals surface area contributed by atoms with Gasteiger partial charge in [0.05, 0.1) is 5.41 Å². The van der Waals surface area contributed by atoms with Gasteiger partial charge in [0.15, 0.2) is 0 Å². The van der Waals surface area contributed by atoms with Gasteiger partial charge in [-0.2, -0.15) is 0 Å². The van der Waals surface area contributed by atoms with Crippen LogP contribution in [0.3, 0.4) is 0 Å². The molecule has 17 heavy (non-hydrogen) atoms. The van der Waals surface area contributed by atoms with Crippen molar-refractivity contribution in [3.8, 4) is 0 Å². The van der Waals surface area contributed by atoms with Gasteiger partial charge in [0.2, 0.25) is 0 Å². The number of aliphatic carboxylic acids is 1. The number of likely N-dealkylation sites (tertiary alicyclic amines) is 1. The summed E-state index contributed by atoms with van der Waals surface area (Å²) < 4.78 is 0. The van der Waals surface area contributed by atoms with E-state index >= 15 is 0 Å². The van der Waals surface area contributed by atoms with Crippen LogP contribution in [0.1, 0.15) is 26.2 Å². The van der Waals surface area contributed by atoms with Crippen molar-refractivity contribution < 1.29 is 14.7 Å². The van der Waals surface area contributed by atoms with Gasteiger partial charge in [-0.1, -0.05) is 6.92 Å². The van der Waals surface area contributed by atoms with Gasteiger partial charge in [0.1, 0.15) is 0 Å². The van der Waals surface area contributed by atoms with Crippen molar-refractivity contribution in [3.63, 3.8) is 0 Å². The van der Waals surface area contributed by atoms with Gasteiger partial charge < -0.3 is 21.1 Å². The van der Waals surface area contributed by atoms with Crippen LogP contribution in [0.2, 0.25) is 0 Å². The molecule has 1 heterocycles. The molecule has 0 bridgehead atoms. The Balaban J connectivity index is 2.65. The molecule has 0 aromatic heterocycles. The summed E-state index contributed by atoms with van der Waals surface area (Å²) in [7, 11) is 0. The summed E-state index contributed by atoms with van der Waals surface area (Å²) in [5.74, 6) is -0.809. The van der Waals surface area contributed by atoms with Crippen LogP contribution in [-0.4, -0.2) is 48.2 Å². The van der Waals surface area contributed by atoms with Crippen LogP contribution >= 0.6 is 0 Å². The molecule has 1 aliphatic heterocycles. The first kappa shape index (κ1) is 13.8. The summed E-state index contributed by atoms with van der Waals surface area (Å²) in [5, 5.41) is 12.0. The predicted octanol–water partition coefficient (Wildman–Crippen LogP) is 0.232. The molecule has 6 heteroatoms. The molecule has 0 saturated carbocycles. The average molecular weight is 243 g/mol. The lowest BCUT2D eigenvalue weighted by Gasteiger charge is -2.39. The SMILES string of the molecule is CCC1(C(=O)O)CCCN(C(=O)NCCN)C1. The highest BCUT2D eigenvalue weighted by molar-refractivity contribution is 5.78. The van der Waals surface area contributed by atoms with Crippen LogP contribution in [0.25, 0.3) is 0 Å². The number of nitrogens with zero attached hydrogens (tertiary/aromatic N) is 1. The molecule has 0 aliphatic carbocycles. The molecule has 0 aromatic rings. The van der Waals surface area contributed by atoms with E-state index in [-0.39, 0.29) is 12.6 Å². The lowest BCUT2D eigenvalue weighted by molar-refractivity contribution is -0.152. The second-order valence-corrected chi connectivity index (χ2v) is 4.48. The third kappa shape index (κ3) is 3.09. The first-order chi connectivity index (χ1) is 8.05. The summed E-state index contributed by atoms with van der Waals surface area (Å²) in [6, 6.07) is -0.214. The fraction of sp³-hybridized carbons (Fsp3) is 0.818. The number of urea groups is 1. The van der Waals surface area contributed by atoms with Gasteiger partial charge in [-0.3, -0.25) is 4.79 Å². The van der Waals surface area contributed by atoms with E-state index in [4.69, 9.17) is 5.73 Å². The number of piperidine rings is 1. The summed E-state index contributed by atoms with van der Waals surface area (Å²) in [5.41, 5.74) is 4.53. The van der Waals surface area contributed by atoms with Gasteiger partial charge >= 0.3 is 12.0 Å². The third-order valence-electron chi connectivity index (χ3n) is 3.42. The Morgan fingerprint density at radius 2 is 2.24 bits per heavy atom. The normalized spacial score (nSPS) is 24.5. The first-order valence-electron chi connectivity index (χ1n) is 6.02. The van der Waals surface area contributed by atoms with E-state index in [1.165, 1.54) is 0 Å². The van der Waals surface area contributed by atoms with Gasteiger partial charge in [0, 0.05) is 26.2 Å². The Morgan fingerprint density at radius 1 is 1.53 bits per heavy atom. The summed E-state index contributed by atoms with van der Waals surface area (Å²) in [6.07, 6.45) is 1.92. The maximum Gasteiger partial charge on any atom is 0.317 e. The predicted molar refractivity (Wildman–Crippen MR) is 63.6 cm³/mol. The molecular formula is C11H21N3O3. The Kier molecular flexibility index (Phi) is 4.74. The van der Waals surface area contributed by atoms with E-state index in [0.717, 1.165) is 6.42 Å². The average Bonchev–Trinajstić information content (AvgIpc) is 2.35. The lowest BCUT2D eigenvalue weighted by Crippen LogP contribution is -2.52. The van der Waals surface area contributed by atoms with Gasteiger partial charge in [-0.15, -0.1) is 0 Å². The third-order valence-corrected chi connectivity index (χ3v) is 3.42. The summed E-state index contributed by atoms with van der Waals surface area (Å²) >= 11 is 0. The molecule has 6 nitrogen and oxygen atoms in total. The van der Waals surface area contributed by atoms with Crippen molar-refractivity contribution in [2.24, 2.45) is 11.1 Å². The quantitative estimate of drug-likeness (QED) is 0.658. The van der Waals surface area contributed by atoms with Gasteiger partial charge in [0.25, 0.3) is 0 Å². The molecule has 98 valence electrons. The molecular weight excluding hydrogens is 222 g/mol. The smallest absolute Gasteiger partial charge is 0.317 e. The standard InChI is InChI=1S/C11H21N3O3/c1-2-11(9(15)16)4-3-7-14(8-11)10(17)13-6-5-12/h2-8,12H2,1H3,(H,13,17)(H,15,16). The summed E-state index contributed by atoms with van der Waals surface area (Å²) in [4.78, 5) is 24.6. The Morgan fingerprint density at radius 3 is 2.76 bits per heavy atom. The Labute approximate surface area is 101 Å². The second-order valence-electron chi connectivity index (χ2n) is 4.48. The zero-order valence-electron chi connectivity index (χ0n) is 10.2. The number of carbonyl (C=O) groups excluding carboxylic acids is 1. The van der Waals surface area contributed by atoms with Crippen molar-refractivity contribution in [3.05, 3.63) is 0 Å². The molecule has 1 aliphatic rings. The number of hydrogen-bond acceptors (Lipinski definition) is 3. The molecule has 0 aromatic carbocycles. The number of carbonyl (C=O) groups is 2. The molecule has 2 amide bonds. The molecule has 1 fully saturated rings.